The van der Waals surface area contributed by atoms with E-state index in [0.717, 1.165) is 16.6 Å². The first-order valence-corrected chi connectivity index (χ1v) is 6.47. The van der Waals surface area contributed by atoms with Gasteiger partial charge in [0.05, 0.1) is 11.9 Å². The van der Waals surface area contributed by atoms with Gasteiger partial charge in [-0.3, -0.25) is 9.20 Å². The molecule has 5 heteroatoms. The number of aromatic nitrogens is 3. The van der Waals surface area contributed by atoms with Crippen LogP contribution in [0.3, 0.4) is 0 Å². The second-order valence-electron chi connectivity index (χ2n) is 4.79. The van der Waals surface area contributed by atoms with Crippen molar-refractivity contribution in [3.05, 3.63) is 71.2 Å². The van der Waals surface area contributed by atoms with Gasteiger partial charge in [0.15, 0.2) is 0 Å². The molecular weight excluding hydrogens is 269 g/mol. The summed E-state index contributed by atoms with van der Waals surface area (Å²) in [6, 6.07) is 10.2. The average Bonchev–Trinajstić information content (AvgIpc) is 2.90. The van der Waals surface area contributed by atoms with Crippen molar-refractivity contribution in [2.45, 2.75) is 0 Å². The lowest BCUT2D eigenvalue weighted by molar-refractivity contribution is 0.626. The number of halogens is 1. The van der Waals surface area contributed by atoms with Gasteiger partial charge in [-0.1, -0.05) is 12.1 Å². The zero-order valence-electron chi connectivity index (χ0n) is 10.9. The number of imidazole rings is 1. The summed E-state index contributed by atoms with van der Waals surface area (Å²) in [6.45, 7) is 0. The molecule has 3 heterocycles. The summed E-state index contributed by atoms with van der Waals surface area (Å²) in [5, 5.41) is 1.46. The van der Waals surface area contributed by atoms with Gasteiger partial charge in [-0.2, -0.15) is 0 Å². The maximum Gasteiger partial charge on any atom is 0.255 e. The van der Waals surface area contributed by atoms with Crippen LogP contribution < -0.4 is 5.56 Å². The lowest BCUT2D eigenvalue weighted by Gasteiger charge is -2.06. The maximum atomic E-state index is 13.3. The fourth-order valence-electron chi connectivity index (χ4n) is 2.60. The highest BCUT2D eigenvalue weighted by atomic mass is 19.1. The highest BCUT2D eigenvalue weighted by Gasteiger charge is 2.10. The Morgan fingerprint density at radius 2 is 2.05 bits per heavy atom. The van der Waals surface area contributed by atoms with Crippen molar-refractivity contribution in [1.29, 1.82) is 0 Å². The molecule has 0 fully saturated rings. The molecule has 0 bridgehead atoms. The number of benzene rings is 1. The first-order valence-electron chi connectivity index (χ1n) is 6.47. The molecule has 1 N–H and O–H groups in total. The molecule has 0 aliphatic rings. The van der Waals surface area contributed by atoms with Crippen LogP contribution in [0.15, 0.2) is 59.8 Å². The third-order valence-corrected chi connectivity index (χ3v) is 3.57. The lowest BCUT2D eigenvalue weighted by atomic mass is 10.0. The Bertz CT molecular complexity index is 1030. The average molecular weight is 279 g/mol. The van der Waals surface area contributed by atoms with Crippen molar-refractivity contribution in [2.75, 3.05) is 0 Å². The summed E-state index contributed by atoms with van der Waals surface area (Å²) in [4.78, 5) is 18.8. The summed E-state index contributed by atoms with van der Waals surface area (Å²) >= 11 is 0. The number of H-pyrrole nitrogens is 1. The van der Waals surface area contributed by atoms with E-state index >= 15 is 0 Å². The van der Waals surface area contributed by atoms with Crippen molar-refractivity contribution >= 4 is 16.4 Å². The molecule has 4 nitrogen and oxygen atoms in total. The summed E-state index contributed by atoms with van der Waals surface area (Å²) in [7, 11) is 0. The van der Waals surface area contributed by atoms with E-state index in [4.69, 9.17) is 0 Å². The van der Waals surface area contributed by atoms with Gasteiger partial charge in [0.1, 0.15) is 11.5 Å². The molecule has 4 aromatic rings. The number of fused-ring (bicyclic) bond motifs is 2. The number of rotatable bonds is 1. The van der Waals surface area contributed by atoms with Crippen LogP contribution in [0.5, 0.6) is 0 Å². The van der Waals surface area contributed by atoms with E-state index in [-0.39, 0.29) is 11.4 Å². The van der Waals surface area contributed by atoms with E-state index in [1.165, 1.54) is 12.1 Å². The van der Waals surface area contributed by atoms with Crippen LogP contribution in [0.1, 0.15) is 0 Å². The fraction of sp³-hybridized carbons (Fsp3) is 0. The highest BCUT2D eigenvalue weighted by Crippen LogP contribution is 2.27. The molecular formula is C16H10FN3O. The minimum atomic E-state index is -0.325. The predicted molar refractivity (Wildman–Crippen MR) is 78.7 cm³/mol. The Balaban J connectivity index is 2.09. The van der Waals surface area contributed by atoms with Crippen molar-refractivity contribution in [3.8, 4) is 11.3 Å². The van der Waals surface area contributed by atoms with Crippen molar-refractivity contribution in [2.24, 2.45) is 0 Å². The molecule has 21 heavy (non-hydrogen) atoms. The number of pyridine rings is 2. The fourth-order valence-corrected chi connectivity index (χ4v) is 2.60. The largest absolute Gasteiger partial charge is 0.329 e. The van der Waals surface area contributed by atoms with Crippen molar-refractivity contribution < 1.29 is 4.39 Å². The smallest absolute Gasteiger partial charge is 0.255 e. The Morgan fingerprint density at radius 1 is 1.14 bits per heavy atom. The standard InChI is InChI=1S/C16H10FN3O/c17-10-5-7-20-14(9-19-15(20)8-10)12-2-1-3-13-11(12)4-6-18-16(13)21/h1-9H,(H,18,21). The van der Waals surface area contributed by atoms with Gasteiger partial charge in [0, 0.05) is 29.4 Å². The number of hydrogen-bond acceptors (Lipinski definition) is 2. The van der Waals surface area contributed by atoms with Gasteiger partial charge in [-0.25, -0.2) is 9.37 Å². The van der Waals surface area contributed by atoms with Crippen LogP contribution in [0.2, 0.25) is 0 Å². The van der Waals surface area contributed by atoms with Crippen LogP contribution in [-0.2, 0) is 0 Å². The number of nitrogens with one attached hydrogen (secondary N) is 1. The highest BCUT2D eigenvalue weighted by molar-refractivity contribution is 5.95. The lowest BCUT2D eigenvalue weighted by Crippen LogP contribution is -2.04. The summed E-state index contributed by atoms with van der Waals surface area (Å²) in [6.07, 6.45) is 4.95. The third kappa shape index (κ3) is 1.74. The number of nitrogens with zero attached hydrogens (tertiary/aromatic N) is 2. The molecule has 4 rings (SSSR count). The summed E-state index contributed by atoms with van der Waals surface area (Å²) < 4.78 is 15.1. The van der Waals surface area contributed by atoms with Crippen LogP contribution in [0, 0.1) is 5.82 Å². The quantitative estimate of drug-likeness (QED) is 0.582. The molecule has 0 saturated heterocycles. The second kappa shape index (κ2) is 4.28. The minimum absolute atomic E-state index is 0.130. The topological polar surface area (TPSA) is 50.2 Å². The zero-order chi connectivity index (χ0) is 14.4. The molecule has 3 aromatic heterocycles. The Labute approximate surface area is 118 Å². The van der Waals surface area contributed by atoms with E-state index in [1.54, 1.807) is 29.1 Å². The molecule has 0 spiro atoms. The van der Waals surface area contributed by atoms with Crippen LogP contribution in [-0.4, -0.2) is 14.4 Å². The molecule has 0 aliphatic carbocycles. The molecule has 1 aromatic carbocycles. The Kier molecular flexibility index (Phi) is 2.41. The first kappa shape index (κ1) is 11.8. The van der Waals surface area contributed by atoms with E-state index in [2.05, 4.69) is 9.97 Å². The van der Waals surface area contributed by atoms with Crippen molar-refractivity contribution in [1.82, 2.24) is 14.4 Å². The van der Waals surface area contributed by atoms with Gasteiger partial charge >= 0.3 is 0 Å². The van der Waals surface area contributed by atoms with Gasteiger partial charge in [-0.15, -0.1) is 0 Å². The number of hydrogen-bond donors (Lipinski definition) is 1. The normalized spacial score (nSPS) is 11.3. The molecule has 102 valence electrons. The zero-order valence-corrected chi connectivity index (χ0v) is 10.9. The molecule has 0 unspecified atom stereocenters. The van der Waals surface area contributed by atoms with Crippen molar-refractivity contribution in [3.63, 3.8) is 0 Å². The van der Waals surface area contributed by atoms with E-state index in [1.807, 2.05) is 18.2 Å². The summed E-state index contributed by atoms with van der Waals surface area (Å²) in [5.41, 5.74) is 2.11. The van der Waals surface area contributed by atoms with Crippen LogP contribution in [0.4, 0.5) is 4.39 Å². The molecule has 0 atom stereocenters. The van der Waals surface area contributed by atoms with E-state index in [0.29, 0.717) is 11.0 Å². The molecule has 0 saturated carbocycles. The molecule has 0 radical (unpaired) electrons. The second-order valence-corrected chi connectivity index (χ2v) is 4.79. The van der Waals surface area contributed by atoms with Crippen LogP contribution in [0.25, 0.3) is 27.7 Å². The monoisotopic (exact) mass is 279 g/mol. The summed E-state index contributed by atoms with van der Waals surface area (Å²) in [5.74, 6) is -0.325. The van der Waals surface area contributed by atoms with E-state index in [9.17, 15) is 9.18 Å². The first-order chi connectivity index (χ1) is 10.2. The third-order valence-electron chi connectivity index (χ3n) is 3.57. The number of aromatic amines is 1. The van der Waals surface area contributed by atoms with Crippen LogP contribution >= 0.6 is 0 Å². The molecule has 0 aliphatic heterocycles. The SMILES string of the molecule is O=c1[nH]ccc2c(-c3cnc4cc(F)ccn34)cccc12. The maximum absolute atomic E-state index is 13.3. The molecule has 0 amide bonds. The predicted octanol–water partition coefficient (Wildman–Crippen LogP) is 2.98. The van der Waals surface area contributed by atoms with Gasteiger partial charge in [0.25, 0.3) is 5.56 Å². The van der Waals surface area contributed by atoms with Gasteiger partial charge in [-0.05, 0) is 23.6 Å². The Hall–Kier alpha value is -2.95. The minimum Gasteiger partial charge on any atom is -0.329 e. The van der Waals surface area contributed by atoms with Gasteiger partial charge in [0.2, 0.25) is 0 Å². The van der Waals surface area contributed by atoms with E-state index < -0.39 is 0 Å². The Morgan fingerprint density at radius 3 is 2.95 bits per heavy atom. The van der Waals surface area contributed by atoms with Gasteiger partial charge < -0.3 is 4.98 Å².